The van der Waals surface area contributed by atoms with Gasteiger partial charge >= 0.3 is 0 Å². The normalized spacial score (nSPS) is 16.1. The zero-order chi connectivity index (χ0) is 5.86. The highest BCUT2D eigenvalue weighted by atomic mass is 32.9. The van der Waals surface area contributed by atoms with E-state index < -0.39 is 6.13 Å². The first-order valence-electron chi connectivity index (χ1n) is 1.93. The van der Waals surface area contributed by atoms with Gasteiger partial charge in [-0.1, -0.05) is 11.8 Å². The van der Waals surface area contributed by atoms with Gasteiger partial charge in [0.1, 0.15) is 0 Å². The molecule has 0 aromatic carbocycles. The predicted octanol–water partition coefficient (Wildman–Crippen LogP) is 1.40. The Morgan fingerprint density at radius 3 is 2.00 bits per heavy atom. The molecule has 0 radical (unpaired) electrons. The van der Waals surface area contributed by atoms with Crippen LogP contribution in [-0.4, -0.2) is 19.6 Å². The fourth-order valence-electron chi connectivity index (χ4n) is 0.183. The summed E-state index contributed by atoms with van der Waals surface area (Å²) < 4.78 is 4.96. The molecule has 1 nitrogen and oxygen atoms in total. The van der Waals surface area contributed by atoms with Crippen molar-refractivity contribution in [3.05, 3.63) is 0 Å². The lowest BCUT2D eigenvalue weighted by Crippen LogP contribution is -1.65. The van der Waals surface area contributed by atoms with Crippen molar-refractivity contribution in [3.8, 4) is 0 Å². The van der Waals surface area contributed by atoms with E-state index in [0.29, 0.717) is 0 Å². The molecule has 0 aromatic heterocycles. The minimum absolute atomic E-state index is 0.0327. The van der Waals surface area contributed by atoms with Crippen LogP contribution in [0.3, 0.4) is 0 Å². The maximum atomic E-state index is 4.97. The molecule has 46 valence electrons. The predicted molar refractivity (Wildman–Crippen MR) is 43.5 cm³/mol. The minimum atomic E-state index is -0.798. The monoisotopic (exact) mass is 158 g/mol. The van der Waals surface area contributed by atoms with Crippen LogP contribution in [0.2, 0.25) is 0 Å². The van der Waals surface area contributed by atoms with E-state index in [-0.39, 0.29) is 10.5 Å². The van der Waals surface area contributed by atoms with E-state index >= 15 is 0 Å². The molecule has 0 amide bonds. The first kappa shape index (κ1) is 7.96. The third-order valence-corrected chi connectivity index (χ3v) is 8.14. The maximum Gasteiger partial charge on any atom is 0.0878 e. The summed E-state index contributed by atoms with van der Waals surface area (Å²) in [6, 6.07) is 0. The van der Waals surface area contributed by atoms with Crippen molar-refractivity contribution < 1.29 is 4.52 Å². The average Bonchev–Trinajstić information content (AvgIpc) is 1.65. The number of thiol groups is 1. The van der Waals surface area contributed by atoms with Crippen molar-refractivity contribution >= 4 is 28.4 Å². The molecule has 0 heterocycles. The van der Waals surface area contributed by atoms with Crippen molar-refractivity contribution in [3.63, 3.8) is 0 Å². The van der Waals surface area contributed by atoms with E-state index in [2.05, 4.69) is 12.5 Å². The third-order valence-electron chi connectivity index (χ3n) is 0.540. The summed E-state index contributed by atoms with van der Waals surface area (Å²) >= 11 is 4.97. The van der Waals surface area contributed by atoms with Gasteiger partial charge in [0.15, 0.2) is 0 Å². The average molecular weight is 158 g/mol. The second-order valence-electron chi connectivity index (χ2n) is 1.36. The number of rotatable bonds is 2. The number of hydrogen-bond donors (Lipinski definition) is 1. The van der Waals surface area contributed by atoms with Gasteiger partial charge in [-0.2, -0.15) is 0 Å². The van der Waals surface area contributed by atoms with Gasteiger partial charge in [0.25, 0.3) is 0 Å². The Kier molecular flexibility index (Phi) is 4.44. The Labute approximate surface area is 53.0 Å². The molecular weight excluding hydrogens is 147 g/mol. The Hall–Kier alpha value is 0.960. The Balaban J connectivity index is 3.35. The van der Waals surface area contributed by atoms with Crippen molar-refractivity contribution in [1.82, 2.24) is 0 Å². The molecule has 4 heteroatoms. The van der Waals surface area contributed by atoms with Crippen molar-refractivity contribution in [2.24, 2.45) is 0 Å². The molecule has 0 aliphatic rings. The van der Waals surface area contributed by atoms with Gasteiger partial charge in [0, 0.05) is 7.11 Å². The quantitative estimate of drug-likeness (QED) is 0.480. The van der Waals surface area contributed by atoms with E-state index in [1.54, 1.807) is 7.11 Å². The summed E-state index contributed by atoms with van der Waals surface area (Å²) in [7, 11) is 1.73. The van der Waals surface area contributed by atoms with Gasteiger partial charge in [-0.15, -0.1) is 0 Å². The Morgan fingerprint density at radius 1 is 1.57 bits per heavy atom. The van der Waals surface area contributed by atoms with E-state index in [9.17, 15) is 0 Å². The molecule has 7 heavy (non-hydrogen) atoms. The first-order valence-corrected chi connectivity index (χ1v) is 7.55. The standard InChI is InChI=1S/C3H11OPS2/c1-4-5(6)7(2)3/h5,7H,1-3H3. The second-order valence-corrected chi connectivity index (χ2v) is 10.0. The summed E-state index contributed by atoms with van der Waals surface area (Å²) in [5.41, 5.74) is 0. The van der Waals surface area contributed by atoms with Gasteiger partial charge < -0.3 is 4.52 Å². The molecule has 0 aromatic rings. The van der Waals surface area contributed by atoms with E-state index in [1.807, 2.05) is 0 Å². The summed E-state index contributed by atoms with van der Waals surface area (Å²) in [4.78, 5) is 0. The summed E-state index contributed by atoms with van der Waals surface area (Å²) in [5.74, 6) is 0. The molecule has 0 aliphatic carbocycles. The Morgan fingerprint density at radius 2 is 2.00 bits per heavy atom. The SMILES string of the molecule is CO[PH](=S)[SH](C)C. The number of hydrogen-bond acceptors (Lipinski definition) is 2. The summed E-state index contributed by atoms with van der Waals surface area (Å²) in [6.07, 6.45) is 3.51. The molecular formula is C3H11OPS2. The van der Waals surface area contributed by atoms with Gasteiger partial charge in [-0.25, -0.2) is 10.5 Å². The molecule has 0 fully saturated rings. The van der Waals surface area contributed by atoms with Gasteiger partial charge in [0.2, 0.25) is 0 Å². The lowest BCUT2D eigenvalue weighted by Gasteiger charge is -2.08. The van der Waals surface area contributed by atoms with Crippen LogP contribution in [0.4, 0.5) is 0 Å². The van der Waals surface area contributed by atoms with Gasteiger partial charge in [0.05, 0.1) is 6.13 Å². The highest BCUT2D eigenvalue weighted by Crippen LogP contribution is 2.47. The highest BCUT2D eigenvalue weighted by molar-refractivity contribution is 8.71. The summed E-state index contributed by atoms with van der Waals surface area (Å²) in [5, 5.41) is 0. The smallest absolute Gasteiger partial charge is 0.0878 e. The third kappa shape index (κ3) is 3.53. The van der Waals surface area contributed by atoms with Crippen LogP contribution < -0.4 is 0 Å². The fourth-order valence-corrected chi connectivity index (χ4v) is 1.64. The molecule has 0 saturated carbocycles. The van der Waals surface area contributed by atoms with Crippen molar-refractivity contribution in [1.29, 1.82) is 0 Å². The molecule has 0 spiro atoms. The highest BCUT2D eigenvalue weighted by Gasteiger charge is 1.89. The molecule has 1 unspecified atom stereocenters. The molecule has 0 aliphatic heterocycles. The zero-order valence-electron chi connectivity index (χ0n) is 4.76. The van der Waals surface area contributed by atoms with Crippen molar-refractivity contribution in [2.75, 3.05) is 19.6 Å². The second kappa shape index (κ2) is 3.90. The lowest BCUT2D eigenvalue weighted by molar-refractivity contribution is 0.483. The summed E-state index contributed by atoms with van der Waals surface area (Å²) in [6.45, 7) is 0. The lowest BCUT2D eigenvalue weighted by atomic mass is 11.8. The van der Waals surface area contributed by atoms with Crippen molar-refractivity contribution in [2.45, 2.75) is 0 Å². The van der Waals surface area contributed by atoms with Crippen LogP contribution >= 0.6 is 16.6 Å². The van der Waals surface area contributed by atoms with Crippen LogP contribution in [-0.2, 0) is 16.3 Å². The first-order chi connectivity index (χ1) is 3.18. The van der Waals surface area contributed by atoms with Crippen LogP contribution in [0.15, 0.2) is 0 Å². The Bertz CT molecular complexity index is 73.3. The van der Waals surface area contributed by atoms with E-state index in [0.717, 1.165) is 0 Å². The maximum absolute atomic E-state index is 4.97. The van der Waals surface area contributed by atoms with Crippen LogP contribution in [0.5, 0.6) is 0 Å². The minimum Gasteiger partial charge on any atom is -0.349 e. The molecule has 0 N–H and O–H groups in total. The molecule has 0 bridgehead atoms. The van der Waals surface area contributed by atoms with Crippen LogP contribution in [0, 0.1) is 0 Å². The van der Waals surface area contributed by atoms with Crippen LogP contribution in [0.25, 0.3) is 0 Å². The fraction of sp³-hybridized carbons (Fsp3) is 1.00. The largest absolute Gasteiger partial charge is 0.349 e. The zero-order valence-corrected chi connectivity index (χ0v) is 7.47. The molecule has 0 saturated heterocycles. The van der Waals surface area contributed by atoms with E-state index in [1.165, 1.54) is 0 Å². The van der Waals surface area contributed by atoms with Gasteiger partial charge in [-0.05, 0) is 12.5 Å². The molecule has 0 rings (SSSR count). The topological polar surface area (TPSA) is 9.23 Å². The molecule has 1 atom stereocenters. The van der Waals surface area contributed by atoms with E-state index in [4.69, 9.17) is 16.3 Å². The van der Waals surface area contributed by atoms with Crippen LogP contribution in [0.1, 0.15) is 0 Å². The van der Waals surface area contributed by atoms with Gasteiger partial charge in [-0.3, -0.25) is 0 Å².